The van der Waals surface area contributed by atoms with Crippen molar-refractivity contribution in [2.75, 3.05) is 4.90 Å². The molecular weight excluding hydrogens is 759 g/mol. The highest BCUT2D eigenvalue weighted by atomic mass is 32.1. The Balaban J connectivity index is 1.00. The third kappa shape index (κ3) is 6.09. The van der Waals surface area contributed by atoms with Crippen LogP contribution in [0.2, 0.25) is 0 Å². The highest BCUT2D eigenvalue weighted by Crippen LogP contribution is 2.46. The van der Waals surface area contributed by atoms with E-state index in [9.17, 15) is 0 Å². The van der Waals surface area contributed by atoms with Gasteiger partial charge in [0.05, 0.1) is 5.69 Å². The molecule has 0 unspecified atom stereocenters. The van der Waals surface area contributed by atoms with E-state index < -0.39 is 0 Å². The van der Waals surface area contributed by atoms with Gasteiger partial charge in [-0.3, -0.25) is 0 Å². The molecule has 0 amide bonds. The molecule has 61 heavy (non-hydrogen) atoms. The van der Waals surface area contributed by atoms with Gasteiger partial charge in [0.1, 0.15) is 11.2 Å². The SMILES string of the molecule is c1ccc(-c2cccc(-c3ccc(N(c4ccc(-c5ccc6sc7ccccc7c6c5)cc4)c4ccccc4-c4cccc5oc6c7ccccc7ccc6c45)cc3)c2)cc1. The molecule has 10 aromatic carbocycles. The van der Waals surface area contributed by atoms with E-state index >= 15 is 0 Å². The molecule has 0 atom stereocenters. The molecule has 0 N–H and O–H groups in total. The number of hydrogen-bond acceptors (Lipinski definition) is 3. The maximum Gasteiger partial charge on any atom is 0.143 e. The molecule has 3 heteroatoms. The first-order chi connectivity index (χ1) is 30.2. The van der Waals surface area contributed by atoms with Gasteiger partial charge in [-0.2, -0.15) is 0 Å². The topological polar surface area (TPSA) is 16.4 Å². The summed E-state index contributed by atoms with van der Waals surface area (Å²) in [6.45, 7) is 0. The van der Waals surface area contributed by atoms with Gasteiger partial charge >= 0.3 is 0 Å². The lowest BCUT2D eigenvalue weighted by molar-refractivity contribution is 0.673. The maximum absolute atomic E-state index is 6.68. The first kappa shape index (κ1) is 35.2. The van der Waals surface area contributed by atoms with E-state index in [-0.39, 0.29) is 0 Å². The van der Waals surface area contributed by atoms with Crippen molar-refractivity contribution in [2.45, 2.75) is 0 Å². The average Bonchev–Trinajstić information content (AvgIpc) is 3.91. The highest BCUT2D eigenvalue weighted by molar-refractivity contribution is 7.25. The van der Waals surface area contributed by atoms with Gasteiger partial charge in [-0.15, -0.1) is 11.3 Å². The van der Waals surface area contributed by atoms with Crippen LogP contribution in [-0.2, 0) is 0 Å². The van der Waals surface area contributed by atoms with E-state index in [2.05, 4.69) is 229 Å². The number of benzene rings is 10. The number of furan rings is 1. The number of nitrogens with zero attached hydrogens (tertiary/aromatic N) is 1. The molecule has 0 saturated carbocycles. The van der Waals surface area contributed by atoms with Gasteiger partial charge in [0.2, 0.25) is 0 Å². The molecule has 0 saturated heterocycles. The van der Waals surface area contributed by atoms with E-state index in [4.69, 9.17) is 4.42 Å². The Labute approximate surface area is 357 Å². The highest BCUT2D eigenvalue weighted by Gasteiger charge is 2.21. The molecule has 2 heterocycles. The molecule has 2 aromatic heterocycles. The fraction of sp³-hybridized carbons (Fsp3) is 0. The fourth-order valence-electron chi connectivity index (χ4n) is 9.12. The van der Waals surface area contributed by atoms with Crippen LogP contribution in [0.25, 0.3) is 97.4 Å². The summed E-state index contributed by atoms with van der Waals surface area (Å²) in [5, 5.41) is 7.15. The Hall–Kier alpha value is -7.72. The molecule has 0 fully saturated rings. The monoisotopic (exact) mass is 795 g/mol. The minimum absolute atomic E-state index is 0.881. The van der Waals surface area contributed by atoms with Crippen LogP contribution in [0.1, 0.15) is 0 Å². The lowest BCUT2D eigenvalue weighted by atomic mass is 9.95. The number of hydrogen-bond donors (Lipinski definition) is 0. The Morgan fingerprint density at radius 3 is 1.70 bits per heavy atom. The van der Waals surface area contributed by atoms with Crippen LogP contribution in [0, 0.1) is 0 Å². The van der Waals surface area contributed by atoms with Gasteiger partial charge < -0.3 is 9.32 Å². The van der Waals surface area contributed by atoms with E-state index in [0.717, 1.165) is 55.5 Å². The van der Waals surface area contributed by atoms with E-state index in [0.29, 0.717) is 0 Å². The third-order valence-electron chi connectivity index (χ3n) is 12.1. The van der Waals surface area contributed by atoms with Crippen molar-refractivity contribution in [1.29, 1.82) is 0 Å². The molecule has 2 nitrogen and oxygen atoms in total. The largest absolute Gasteiger partial charge is 0.455 e. The van der Waals surface area contributed by atoms with E-state index in [1.54, 1.807) is 0 Å². The zero-order valence-electron chi connectivity index (χ0n) is 33.1. The van der Waals surface area contributed by atoms with E-state index in [1.807, 2.05) is 11.3 Å². The number of thiophene rings is 1. The third-order valence-corrected chi connectivity index (χ3v) is 13.2. The van der Waals surface area contributed by atoms with Crippen molar-refractivity contribution in [2.24, 2.45) is 0 Å². The molecule has 0 radical (unpaired) electrons. The molecule has 0 aliphatic rings. The standard InChI is InChI=1S/C58H37NOS/c1-2-12-38(13-3-1)42-15-10-16-43(36-42)39-24-30-45(31-25-39)59(46-32-26-40(27-33-46)44-29-35-56-52(37-44)49-19-7-9-23-55(49)61-56)53-21-8-6-18-48(53)50-20-11-22-54-57(50)51-34-28-41-14-4-5-17-47(41)58(51)60-54/h1-37H. The van der Waals surface area contributed by atoms with Crippen molar-refractivity contribution >= 4 is 81.3 Å². The molecule has 12 rings (SSSR count). The van der Waals surface area contributed by atoms with Gasteiger partial charge in [-0.1, -0.05) is 158 Å². The van der Waals surface area contributed by atoms with Crippen LogP contribution in [0.4, 0.5) is 17.1 Å². The lowest BCUT2D eigenvalue weighted by Crippen LogP contribution is -2.11. The number of para-hydroxylation sites is 1. The van der Waals surface area contributed by atoms with Gasteiger partial charge in [0, 0.05) is 53.3 Å². The molecule has 12 aromatic rings. The van der Waals surface area contributed by atoms with Crippen LogP contribution in [0.5, 0.6) is 0 Å². The van der Waals surface area contributed by atoms with E-state index in [1.165, 1.54) is 58.9 Å². The zero-order valence-corrected chi connectivity index (χ0v) is 33.9. The molecule has 286 valence electrons. The predicted octanol–water partition coefficient (Wildman–Crippen LogP) is 17.2. The summed E-state index contributed by atoms with van der Waals surface area (Å²) in [4.78, 5) is 2.40. The predicted molar refractivity (Wildman–Crippen MR) is 261 cm³/mol. The van der Waals surface area contributed by atoms with Crippen LogP contribution < -0.4 is 4.90 Å². The second-order valence-electron chi connectivity index (χ2n) is 15.6. The molecule has 0 aliphatic heterocycles. The zero-order chi connectivity index (χ0) is 40.3. The van der Waals surface area contributed by atoms with Crippen molar-refractivity contribution in [3.8, 4) is 44.5 Å². The Morgan fingerprint density at radius 1 is 0.344 bits per heavy atom. The smallest absolute Gasteiger partial charge is 0.143 e. The number of anilines is 3. The maximum atomic E-state index is 6.68. The van der Waals surface area contributed by atoms with Crippen molar-refractivity contribution in [1.82, 2.24) is 0 Å². The first-order valence-corrected chi connectivity index (χ1v) is 21.6. The Morgan fingerprint density at radius 2 is 0.918 bits per heavy atom. The summed E-state index contributed by atoms with van der Waals surface area (Å²) in [6.07, 6.45) is 0. The molecule has 0 bridgehead atoms. The van der Waals surface area contributed by atoms with Crippen LogP contribution >= 0.6 is 11.3 Å². The normalized spacial score (nSPS) is 11.6. The lowest BCUT2D eigenvalue weighted by Gasteiger charge is -2.28. The van der Waals surface area contributed by atoms with Crippen molar-refractivity contribution in [3.63, 3.8) is 0 Å². The minimum atomic E-state index is 0.881. The Bertz CT molecular complexity index is 3580. The summed E-state index contributed by atoms with van der Waals surface area (Å²) < 4.78 is 9.31. The van der Waals surface area contributed by atoms with Crippen LogP contribution in [0.15, 0.2) is 229 Å². The molecule has 0 aliphatic carbocycles. The summed E-state index contributed by atoms with van der Waals surface area (Å²) in [6, 6.07) is 81.1. The van der Waals surface area contributed by atoms with Crippen molar-refractivity contribution in [3.05, 3.63) is 224 Å². The van der Waals surface area contributed by atoms with Gasteiger partial charge in [0.25, 0.3) is 0 Å². The minimum Gasteiger partial charge on any atom is -0.455 e. The van der Waals surface area contributed by atoms with Gasteiger partial charge in [-0.05, 0) is 111 Å². The number of rotatable bonds is 7. The van der Waals surface area contributed by atoms with Gasteiger partial charge in [-0.25, -0.2) is 0 Å². The summed E-state index contributed by atoms with van der Waals surface area (Å²) >= 11 is 1.86. The second kappa shape index (κ2) is 14.5. The summed E-state index contributed by atoms with van der Waals surface area (Å²) in [5.41, 5.74) is 14.5. The first-order valence-electron chi connectivity index (χ1n) is 20.7. The van der Waals surface area contributed by atoms with Crippen molar-refractivity contribution < 1.29 is 4.42 Å². The second-order valence-corrected chi connectivity index (χ2v) is 16.7. The summed E-state index contributed by atoms with van der Waals surface area (Å²) in [5.74, 6) is 0. The van der Waals surface area contributed by atoms with Gasteiger partial charge in [0.15, 0.2) is 0 Å². The number of fused-ring (bicyclic) bond motifs is 8. The van der Waals surface area contributed by atoms with Crippen LogP contribution in [0.3, 0.4) is 0 Å². The molecule has 0 spiro atoms. The average molecular weight is 796 g/mol. The summed E-state index contributed by atoms with van der Waals surface area (Å²) in [7, 11) is 0. The Kier molecular flexibility index (Phi) is 8.39. The quantitative estimate of drug-likeness (QED) is 0.160. The fourth-order valence-corrected chi connectivity index (χ4v) is 10.2. The molecular formula is C58H37NOS. The van der Waals surface area contributed by atoms with Crippen LogP contribution in [-0.4, -0.2) is 0 Å².